The first-order chi connectivity index (χ1) is 13.7. The average Bonchev–Trinajstić information content (AvgIpc) is 3.01. The minimum Gasteiger partial charge on any atom is -0.460 e. The molecular weight excluding hydrogens is 420 g/mol. The lowest BCUT2D eigenvalue weighted by atomic mass is 10.1. The molecule has 7 nitrogen and oxygen atoms in total. The Morgan fingerprint density at radius 1 is 1.20 bits per heavy atom. The van der Waals surface area contributed by atoms with E-state index in [1.165, 1.54) is 6.92 Å². The molecule has 0 aliphatic rings. The SMILES string of the molecule is C=N/C(=C\n1c(C)nnc1C(F)(F)OC)c1cnc(OC(C)(C)C(F)(F)F)c(F)c1. The first-order valence-electron chi connectivity index (χ1n) is 8.18. The highest BCUT2D eigenvalue weighted by Crippen LogP contribution is 2.35. The van der Waals surface area contributed by atoms with Crippen molar-refractivity contribution in [2.45, 2.75) is 38.7 Å². The first kappa shape index (κ1) is 23.3. The second-order valence-corrected chi connectivity index (χ2v) is 6.46. The number of methoxy groups -OCH3 is 1. The molecule has 30 heavy (non-hydrogen) atoms. The molecule has 0 fully saturated rings. The lowest BCUT2D eigenvalue weighted by Crippen LogP contribution is -2.45. The van der Waals surface area contributed by atoms with Gasteiger partial charge in [-0.2, -0.15) is 22.0 Å². The summed E-state index contributed by atoms with van der Waals surface area (Å²) in [5.41, 5.74) is -2.91. The van der Waals surface area contributed by atoms with Gasteiger partial charge in [0.1, 0.15) is 5.82 Å². The van der Waals surface area contributed by atoms with Crippen molar-refractivity contribution in [3.63, 3.8) is 0 Å². The molecule has 13 heteroatoms. The Labute approximate surface area is 167 Å². The van der Waals surface area contributed by atoms with Crippen LogP contribution in [0.3, 0.4) is 0 Å². The average molecular weight is 437 g/mol. The van der Waals surface area contributed by atoms with Gasteiger partial charge in [-0.15, -0.1) is 10.2 Å². The van der Waals surface area contributed by atoms with E-state index in [1.807, 2.05) is 0 Å². The second-order valence-electron chi connectivity index (χ2n) is 6.46. The van der Waals surface area contributed by atoms with Crippen molar-refractivity contribution in [1.82, 2.24) is 19.7 Å². The van der Waals surface area contributed by atoms with E-state index in [0.717, 1.165) is 30.1 Å². The van der Waals surface area contributed by atoms with Crippen LogP contribution in [-0.4, -0.2) is 45.4 Å². The zero-order valence-electron chi connectivity index (χ0n) is 16.3. The van der Waals surface area contributed by atoms with Crippen LogP contribution in [0.5, 0.6) is 5.88 Å². The number of aliphatic imine (C=N–C) groups is 1. The van der Waals surface area contributed by atoms with Gasteiger partial charge >= 0.3 is 12.3 Å². The fourth-order valence-corrected chi connectivity index (χ4v) is 2.08. The molecule has 164 valence electrons. The quantitative estimate of drug-likeness (QED) is 0.480. The number of alkyl halides is 5. The fraction of sp³-hybridized carbons (Fsp3) is 0.412. The summed E-state index contributed by atoms with van der Waals surface area (Å²) >= 11 is 0. The van der Waals surface area contributed by atoms with Gasteiger partial charge in [-0.1, -0.05) is 0 Å². The lowest BCUT2D eigenvalue weighted by molar-refractivity contribution is -0.238. The second kappa shape index (κ2) is 8.05. The zero-order valence-corrected chi connectivity index (χ0v) is 16.3. The standard InChI is InChI=1S/C17H17F6N5O2/c1-9-26-27-14(16(19,20)29-5)28(9)8-12(24-4)10-6-11(18)13(25-7-10)30-15(2,3)17(21,22)23/h6-8H,4H2,1-3,5H3/b12-8-. The first-order valence-corrected chi connectivity index (χ1v) is 8.18. The molecule has 0 saturated heterocycles. The Bertz CT molecular complexity index is 968. The summed E-state index contributed by atoms with van der Waals surface area (Å²) in [6.07, 6.45) is -6.57. The summed E-state index contributed by atoms with van der Waals surface area (Å²) in [5, 5.41) is 6.89. The molecular formula is C17H17F6N5O2. The number of pyridine rings is 1. The van der Waals surface area contributed by atoms with Gasteiger partial charge < -0.3 is 9.47 Å². The highest BCUT2D eigenvalue weighted by Gasteiger charge is 2.50. The summed E-state index contributed by atoms with van der Waals surface area (Å²) < 4.78 is 90.5. The van der Waals surface area contributed by atoms with E-state index >= 15 is 0 Å². The maximum Gasteiger partial charge on any atom is 0.427 e. The Morgan fingerprint density at radius 3 is 2.33 bits per heavy atom. The molecule has 2 aromatic heterocycles. The monoisotopic (exact) mass is 437 g/mol. The van der Waals surface area contributed by atoms with Crippen LogP contribution in [0.15, 0.2) is 17.3 Å². The Hall–Kier alpha value is -2.96. The third kappa shape index (κ3) is 4.61. The summed E-state index contributed by atoms with van der Waals surface area (Å²) in [6, 6.07) is 0.781. The molecule has 2 heterocycles. The predicted molar refractivity (Wildman–Crippen MR) is 94.3 cm³/mol. The molecule has 0 aromatic carbocycles. The van der Waals surface area contributed by atoms with Gasteiger partial charge in [-0.25, -0.2) is 9.37 Å². The van der Waals surface area contributed by atoms with E-state index in [0.29, 0.717) is 13.8 Å². The number of hydrogen-bond acceptors (Lipinski definition) is 6. The smallest absolute Gasteiger partial charge is 0.427 e. The molecule has 0 unspecified atom stereocenters. The van der Waals surface area contributed by atoms with Crippen LogP contribution in [0.4, 0.5) is 26.3 Å². The van der Waals surface area contributed by atoms with Gasteiger partial charge in [0.2, 0.25) is 5.82 Å². The van der Waals surface area contributed by atoms with Gasteiger partial charge in [0, 0.05) is 25.1 Å². The molecule has 2 rings (SSSR count). The van der Waals surface area contributed by atoms with E-state index in [9.17, 15) is 26.3 Å². The minimum absolute atomic E-state index is 0.0307. The van der Waals surface area contributed by atoms with E-state index in [2.05, 4.69) is 36.4 Å². The van der Waals surface area contributed by atoms with Crippen LogP contribution >= 0.6 is 0 Å². The highest BCUT2D eigenvalue weighted by molar-refractivity contribution is 5.77. The van der Waals surface area contributed by atoms with Crippen molar-refractivity contribution >= 4 is 18.6 Å². The molecule has 0 amide bonds. The number of aromatic nitrogens is 4. The number of hydrogen-bond donors (Lipinski definition) is 0. The van der Waals surface area contributed by atoms with E-state index in [-0.39, 0.29) is 17.1 Å². The van der Waals surface area contributed by atoms with Gasteiger partial charge in [0.25, 0.3) is 5.88 Å². The lowest BCUT2D eigenvalue weighted by Gasteiger charge is -2.28. The molecule has 0 bridgehead atoms. The van der Waals surface area contributed by atoms with Crippen LogP contribution in [0.1, 0.15) is 31.1 Å². The van der Waals surface area contributed by atoms with E-state index < -0.39 is 35.4 Å². The van der Waals surface area contributed by atoms with Crippen molar-refractivity contribution in [3.05, 3.63) is 35.3 Å². The summed E-state index contributed by atoms with van der Waals surface area (Å²) in [5.74, 6) is -2.95. The van der Waals surface area contributed by atoms with Crippen LogP contribution in [0.2, 0.25) is 0 Å². The van der Waals surface area contributed by atoms with Crippen LogP contribution in [-0.2, 0) is 10.8 Å². The maximum atomic E-state index is 14.3. The van der Waals surface area contributed by atoms with E-state index in [4.69, 9.17) is 0 Å². The number of aryl methyl sites for hydroxylation is 1. The van der Waals surface area contributed by atoms with Gasteiger partial charge in [-0.3, -0.25) is 9.56 Å². The fourth-order valence-electron chi connectivity index (χ4n) is 2.08. The van der Waals surface area contributed by atoms with Gasteiger partial charge in [0.15, 0.2) is 11.4 Å². The van der Waals surface area contributed by atoms with Crippen molar-refractivity contribution < 1.29 is 35.8 Å². The predicted octanol–water partition coefficient (Wildman–Crippen LogP) is 4.19. The third-order valence-corrected chi connectivity index (χ3v) is 3.94. The Morgan fingerprint density at radius 2 is 1.83 bits per heavy atom. The number of rotatable bonds is 7. The summed E-state index contributed by atoms with van der Waals surface area (Å²) in [6.45, 7) is 6.08. The van der Waals surface area contributed by atoms with Gasteiger partial charge in [-0.05, 0) is 33.6 Å². The molecule has 2 aromatic rings. The molecule has 0 radical (unpaired) electrons. The number of ether oxygens (including phenoxy) is 2. The topological polar surface area (TPSA) is 74.4 Å². The molecule has 0 N–H and O–H groups in total. The zero-order chi connectivity index (χ0) is 22.9. The number of halogens is 6. The Balaban J connectivity index is 2.46. The molecule has 0 spiro atoms. The van der Waals surface area contributed by atoms with Crippen molar-refractivity contribution in [3.8, 4) is 5.88 Å². The third-order valence-electron chi connectivity index (χ3n) is 3.94. The largest absolute Gasteiger partial charge is 0.460 e. The summed E-state index contributed by atoms with van der Waals surface area (Å²) in [7, 11) is 0.769. The Kier molecular flexibility index (Phi) is 6.26. The molecule has 0 aliphatic heterocycles. The van der Waals surface area contributed by atoms with Crippen LogP contribution in [0.25, 0.3) is 11.9 Å². The number of nitrogens with zero attached hydrogens (tertiary/aromatic N) is 5. The maximum absolute atomic E-state index is 14.3. The molecule has 0 aliphatic carbocycles. The van der Waals surface area contributed by atoms with Crippen molar-refractivity contribution in [2.75, 3.05) is 7.11 Å². The van der Waals surface area contributed by atoms with Crippen LogP contribution in [0, 0.1) is 12.7 Å². The van der Waals surface area contributed by atoms with Crippen LogP contribution < -0.4 is 4.74 Å². The minimum atomic E-state index is -4.78. The van der Waals surface area contributed by atoms with Crippen molar-refractivity contribution in [2.24, 2.45) is 4.99 Å². The van der Waals surface area contributed by atoms with E-state index in [1.54, 1.807) is 0 Å². The van der Waals surface area contributed by atoms with Gasteiger partial charge in [0.05, 0.1) is 5.70 Å². The normalized spacial score (nSPS) is 13.5. The van der Waals surface area contributed by atoms with Crippen molar-refractivity contribution in [1.29, 1.82) is 0 Å². The molecule has 0 saturated carbocycles. The highest BCUT2D eigenvalue weighted by atomic mass is 19.4. The summed E-state index contributed by atoms with van der Waals surface area (Å²) in [4.78, 5) is 7.18. The molecule has 0 atom stereocenters.